The van der Waals surface area contributed by atoms with Crippen LogP contribution in [-0.4, -0.2) is 56.2 Å². The molecular formula is C25H28N2O4. The Hall–Kier alpha value is -3.15. The highest BCUT2D eigenvalue weighted by Gasteiger charge is 2.29. The van der Waals surface area contributed by atoms with E-state index in [1.54, 1.807) is 14.2 Å². The Balaban J connectivity index is 1.40. The second-order valence-electron chi connectivity index (χ2n) is 8.02. The summed E-state index contributed by atoms with van der Waals surface area (Å²) in [5, 5.41) is 0. The number of aliphatic imine (C=N–C) groups is 1. The molecule has 6 nitrogen and oxygen atoms in total. The van der Waals surface area contributed by atoms with Gasteiger partial charge in [-0.3, -0.25) is 14.6 Å². The van der Waals surface area contributed by atoms with Crippen LogP contribution in [0.5, 0.6) is 11.5 Å². The Morgan fingerprint density at radius 1 is 1.03 bits per heavy atom. The van der Waals surface area contributed by atoms with Crippen LogP contribution >= 0.6 is 0 Å². The summed E-state index contributed by atoms with van der Waals surface area (Å²) in [5.74, 6) is 1.56. The van der Waals surface area contributed by atoms with Crippen molar-refractivity contribution in [3.63, 3.8) is 0 Å². The van der Waals surface area contributed by atoms with Gasteiger partial charge in [0.15, 0.2) is 11.5 Å². The monoisotopic (exact) mass is 420 g/mol. The van der Waals surface area contributed by atoms with E-state index in [9.17, 15) is 9.59 Å². The third-order valence-electron chi connectivity index (χ3n) is 6.20. The van der Waals surface area contributed by atoms with Crippen molar-refractivity contribution in [2.45, 2.75) is 25.7 Å². The number of hydrogen-bond donors (Lipinski definition) is 0. The van der Waals surface area contributed by atoms with Gasteiger partial charge >= 0.3 is 0 Å². The minimum absolute atomic E-state index is 0.0342. The minimum Gasteiger partial charge on any atom is -0.493 e. The number of carbonyl (C=O) groups is 2. The number of nitrogens with zero attached hydrogens (tertiary/aromatic N) is 2. The molecule has 162 valence electrons. The van der Waals surface area contributed by atoms with Gasteiger partial charge in [-0.25, -0.2) is 0 Å². The van der Waals surface area contributed by atoms with Gasteiger partial charge in [-0.1, -0.05) is 18.2 Å². The number of Topliss-reactive ketones (excluding diaryl/α,β-unsaturated/α-hetero) is 1. The summed E-state index contributed by atoms with van der Waals surface area (Å²) in [6.07, 6.45) is 2.54. The number of fused-ring (bicyclic) bond motifs is 1. The molecule has 2 aromatic rings. The first kappa shape index (κ1) is 21.1. The van der Waals surface area contributed by atoms with E-state index in [-0.39, 0.29) is 17.6 Å². The molecule has 2 aliphatic rings. The summed E-state index contributed by atoms with van der Waals surface area (Å²) >= 11 is 0. The predicted molar refractivity (Wildman–Crippen MR) is 119 cm³/mol. The molecule has 0 aliphatic carbocycles. The van der Waals surface area contributed by atoms with Gasteiger partial charge in [0, 0.05) is 48.8 Å². The predicted octanol–water partition coefficient (Wildman–Crippen LogP) is 3.56. The third kappa shape index (κ3) is 4.48. The van der Waals surface area contributed by atoms with Crippen LogP contribution in [0.25, 0.3) is 0 Å². The number of ether oxygens (including phenoxy) is 2. The van der Waals surface area contributed by atoms with Crippen molar-refractivity contribution < 1.29 is 19.1 Å². The first-order valence-corrected chi connectivity index (χ1v) is 10.8. The number of carbonyl (C=O) groups excluding carboxylic acids is 2. The van der Waals surface area contributed by atoms with Crippen LogP contribution in [0.3, 0.4) is 0 Å². The average molecular weight is 421 g/mol. The quantitative estimate of drug-likeness (QED) is 0.717. The molecule has 4 rings (SSSR count). The Bertz CT molecular complexity index is 992. The van der Waals surface area contributed by atoms with E-state index in [1.165, 1.54) is 0 Å². The van der Waals surface area contributed by atoms with E-state index in [4.69, 9.17) is 9.47 Å². The summed E-state index contributed by atoms with van der Waals surface area (Å²) in [7, 11) is 3.24. The van der Waals surface area contributed by atoms with Crippen molar-refractivity contribution in [3.05, 3.63) is 59.2 Å². The molecule has 2 aliphatic heterocycles. The summed E-state index contributed by atoms with van der Waals surface area (Å²) in [4.78, 5) is 32.2. The second-order valence-corrected chi connectivity index (χ2v) is 8.02. The van der Waals surface area contributed by atoms with Crippen LogP contribution in [0.15, 0.2) is 47.5 Å². The standard InChI is InChI=1S/C25H28N2O4/c1-30-23-14-19-8-11-26-21(20(19)15-24(23)31-2)16-22(28)17-9-12-27(13-10-17)25(29)18-6-4-3-5-7-18/h3-7,14-15,17H,8-13,16H2,1-2H3. The zero-order valence-electron chi connectivity index (χ0n) is 18.1. The average Bonchev–Trinajstić information content (AvgIpc) is 2.83. The molecule has 1 saturated heterocycles. The lowest BCUT2D eigenvalue weighted by molar-refractivity contribution is -0.122. The number of hydrogen-bond acceptors (Lipinski definition) is 5. The van der Waals surface area contributed by atoms with Gasteiger partial charge in [-0.05, 0) is 49.1 Å². The van der Waals surface area contributed by atoms with Crippen molar-refractivity contribution in [2.24, 2.45) is 10.9 Å². The first-order valence-electron chi connectivity index (χ1n) is 10.8. The van der Waals surface area contributed by atoms with E-state index < -0.39 is 0 Å². The van der Waals surface area contributed by atoms with Crippen molar-refractivity contribution in [1.82, 2.24) is 4.90 Å². The second kappa shape index (κ2) is 9.33. The molecule has 0 N–H and O–H groups in total. The van der Waals surface area contributed by atoms with Gasteiger partial charge in [0.2, 0.25) is 0 Å². The number of benzene rings is 2. The third-order valence-corrected chi connectivity index (χ3v) is 6.20. The number of methoxy groups -OCH3 is 2. The fourth-order valence-corrected chi connectivity index (χ4v) is 4.42. The van der Waals surface area contributed by atoms with Crippen molar-refractivity contribution in [3.8, 4) is 11.5 Å². The fourth-order valence-electron chi connectivity index (χ4n) is 4.42. The molecule has 1 fully saturated rings. The Kier molecular flexibility index (Phi) is 6.35. The molecule has 1 amide bonds. The van der Waals surface area contributed by atoms with E-state index in [1.807, 2.05) is 47.4 Å². The molecular weight excluding hydrogens is 392 g/mol. The normalized spacial score (nSPS) is 16.3. The molecule has 6 heteroatoms. The summed E-state index contributed by atoms with van der Waals surface area (Å²) in [6.45, 7) is 1.89. The number of likely N-dealkylation sites (tertiary alicyclic amines) is 1. The van der Waals surface area contributed by atoms with Gasteiger partial charge in [0.05, 0.1) is 14.2 Å². The Morgan fingerprint density at radius 2 is 1.71 bits per heavy atom. The smallest absolute Gasteiger partial charge is 0.253 e. The highest BCUT2D eigenvalue weighted by molar-refractivity contribution is 6.13. The van der Waals surface area contributed by atoms with Crippen LogP contribution in [0, 0.1) is 5.92 Å². The molecule has 2 heterocycles. The molecule has 0 saturated carbocycles. The molecule has 0 unspecified atom stereocenters. The zero-order chi connectivity index (χ0) is 21.8. The van der Waals surface area contributed by atoms with E-state index >= 15 is 0 Å². The van der Waals surface area contributed by atoms with Crippen molar-refractivity contribution >= 4 is 17.4 Å². The minimum atomic E-state index is -0.0342. The van der Waals surface area contributed by atoms with E-state index in [0.717, 1.165) is 23.3 Å². The van der Waals surface area contributed by atoms with Gasteiger partial charge < -0.3 is 14.4 Å². The largest absolute Gasteiger partial charge is 0.493 e. The SMILES string of the molecule is COc1cc2c(cc1OC)C(CC(=O)C1CCN(C(=O)c3ccccc3)CC1)=NCC2. The van der Waals surface area contributed by atoms with Crippen molar-refractivity contribution in [2.75, 3.05) is 33.9 Å². The highest BCUT2D eigenvalue weighted by atomic mass is 16.5. The van der Waals surface area contributed by atoms with Crippen LogP contribution in [0.2, 0.25) is 0 Å². The topological polar surface area (TPSA) is 68.2 Å². The Labute approximate surface area is 182 Å². The maximum absolute atomic E-state index is 13.1. The number of rotatable bonds is 6. The van der Waals surface area contributed by atoms with E-state index in [0.29, 0.717) is 56.0 Å². The maximum Gasteiger partial charge on any atom is 0.253 e. The number of amides is 1. The lowest BCUT2D eigenvalue weighted by Gasteiger charge is -2.31. The lowest BCUT2D eigenvalue weighted by atomic mass is 9.86. The van der Waals surface area contributed by atoms with Gasteiger partial charge in [-0.2, -0.15) is 0 Å². The van der Waals surface area contributed by atoms with Gasteiger partial charge in [0.25, 0.3) is 5.91 Å². The first-order chi connectivity index (χ1) is 15.1. The van der Waals surface area contributed by atoms with Crippen molar-refractivity contribution in [1.29, 1.82) is 0 Å². The summed E-state index contributed by atoms with van der Waals surface area (Å²) < 4.78 is 10.9. The molecule has 0 radical (unpaired) electrons. The molecule has 0 atom stereocenters. The summed E-state index contributed by atoms with van der Waals surface area (Å²) in [6, 6.07) is 13.2. The van der Waals surface area contributed by atoms with Crippen LogP contribution in [0.4, 0.5) is 0 Å². The van der Waals surface area contributed by atoms with Crippen LogP contribution < -0.4 is 9.47 Å². The van der Waals surface area contributed by atoms with E-state index in [2.05, 4.69) is 4.99 Å². The highest BCUT2D eigenvalue weighted by Crippen LogP contribution is 2.33. The number of piperidine rings is 1. The molecule has 0 aromatic heterocycles. The fraction of sp³-hybridized carbons (Fsp3) is 0.400. The lowest BCUT2D eigenvalue weighted by Crippen LogP contribution is -2.40. The zero-order valence-corrected chi connectivity index (χ0v) is 18.1. The van der Waals surface area contributed by atoms with Gasteiger partial charge in [0.1, 0.15) is 5.78 Å². The molecule has 2 aromatic carbocycles. The number of ketones is 1. The van der Waals surface area contributed by atoms with Gasteiger partial charge in [-0.15, -0.1) is 0 Å². The molecule has 31 heavy (non-hydrogen) atoms. The maximum atomic E-state index is 13.1. The summed E-state index contributed by atoms with van der Waals surface area (Å²) in [5.41, 5.74) is 3.65. The molecule has 0 spiro atoms. The van der Waals surface area contributed by atoms with Crippen LogP contribution in [-0.2, 0) is 11.2 Å². The van der Waals surface area contributed by atoms with Crippen LogP contribution in [0.1, 0.15) is 40.7 Å². The Morgan fingerprint density at radius 3 is 2.39 bits per heavy atom. The molecule has 0 bridgehead atoms.